The van der Waals surface area contributed by atoms with Crippen LogP contribution in [0.4, 0.5) is 4.79 Å². The van der Waals surface area contributed by atoms with E-state index >= 15 is 0 Å². The van der Waals surface area contributed by atoms with Crippen molar-refractivity contribution in [2.45, 2.75) is 13.8 Å². The number of nitrogens with zero attached hydrogens (tertiary/aromatic N) is 2. The molecule has 1 N–H and O–H groups in total. The highest BCUT2D eigenvalue weighted by Crippen LogP contribution is 2.19. The number of esters is 1. The highest BCUT2D eigenvalue weighted by Gasteiger charge is 2.25. The largest absolute Gasteiger partial charge is 0.507 e. The number of hydrogen-bond acceptors (Lipinski definition) is 6. The van der Waals surface area contributed by atoms with Crippen molar-refractivity contribution in [3.05, 3.63) is 29.3 Å². The second-order valence-corrected chi connectivity index (χ2v) is 5.66. The minimum absolute atomic E-state index is 0.0277. The Morgan fingerprint density at radius 1 is 1.08 bits per heavy atom. The average molecular weight is 350 g/mol. The lowest BCUT2D eigenvalue weighted by Crippen LogP contribution is -2.51. The molecule has 8 nitrogen and oxygen atoms in total. The number of benzene rings is 1. The van der Waals surface area contributed by atoms with Crippen molar-refractivity contribution < 1.29 is 29.0 Å². The smallest absolute Gasteiger partial charge is 0.409 e. The lowest BCUT2D eigenvalue weighted by atomic mass is 10.1. The van der Waals surface area contributed by atoms with Gasteiger partial charge in [0, 0.05) is 26.2 Å². The van der Waals surface area contributed by atoms with Crippen molar-refractivity contribution in [2.24, 2.45) is 0 Å². The van der Waals surface area contributed by atoms with Crippen LogP contribution in [0.1, 0.15) is 22.8 Å². The summed E-state index contributed by atoms with van der Waals surface area (Å²) in [6, 6.07) is 4.57. The maximum absolute atomic E-state index is 12.1. The first kappa shape index (κ1) is 18.6. The fraction of sp³-hybridized carbons (Fsp3) is 0.471. The molecule has 25 heavy (non-hydrogen) atoms. The van der Waals surface area contributed by atoms with Gasteiger partial charge in [0.05, 0.1) is 6.61 Å². The van der Waals surface area contributed by atoms with Crippen molar-refractivity contribution >= 4 is 18.0 Å². The first-order valence-corrected chi connectivity index (χ1v) is 8.08. The number of piperazine rings is 1. The van der Waals surface area contributed by atoms with E-state index in [1.807, 2.05) is 0 Å². The van der Waals surface area contributed by atoms with Gasteiger partial charge in [-0.15, -0.1) is 0 Å². The minimum atomic E-state index is -0.750. The molecule has 0 radical (unpaired) electrons. The Morgan fingerprint density at radius 2 is 1.72 bits per heavy atom. The Balaban J connectivity index is 1.82. The lowest BCUT2D eigenvalue weighted by molar-refractivity contribution is -0.136. The average Bonchev–Trinajstić information content (AvgIpc) is 2.61. The van der Waals surface area contributed by atoms with E-state index < -0.39 is 18.7 Å². The van der Waals surface area contributed by atoms with Gasteiger partial charge in [-0.2, -0.15) is 0 Å². The van der Waals surface area contributed by atoms with Gasteiger partial charge in [-0.3, -0.25) is 4.79 Å². The van der Waals surface area contributed by atoms with Crippen LogP contribution in [-0.2, 0) is 14.3 Å². The predicted molar refractivity (Wildman–Crippen MR) is 88.3 cm³/mol. The number of aromatic hydroxyl groups is 1. The molecule has 1 fully saturated rings. The number of ether oxygens (including phenoxy) is 2. The molecule has 1 saturated heterocycles. The van der Waals surface area contributed by atoms with Crippen molar-refractivity contribution in [1.82, 2.24) is 9.80 Å². The number of rotatable bonds is 4. The number of carbonyl (C=O) groups excluding carboxylic acids is 3. The fourth-order valence-electron chi connectivity index (χ4n) is 2.46. The zero-order chi connectivity index (χ0) is 18.4. The van der Waals surface area contributed by atoms with E-state index in [9.17, 15) is 19.5 Å². The Bertz CT molecular complexity index is 653. The summed E-state index contributed by atoms with van der Waals surface area (Å²) in [5.41, 5.74) is 0.825. The van der Waals surface area contributed by atoms with Gasteiger partial charge in [-0.25, -0.2) is 9.59 Å². The van der Waals surface area contributed by atoms with E-state index in [0.29, 0.717) is 32.8 Å². The van der Waals surface area contributed by atoms with Crippen LogP contribution >= 0.6 is 0 Å². The highest BCUT2D eigenvalue weighted by molar-refractivity contribution is 5.94. The van der Waals surface area contributed by atoms with E-state index in [1.54, 1.807) is 19.9 Å². The van der Waals surface area contributed by atoms with Crippen LogP contribution in [0.3, 0.4) is 0 Å². The van der Waals surface area contributed by atoms with Crippen LogP contribution in [0.2, 0.25) is 0 Å². The topological polar surface area (TPSA) is 96.4 Å². The molecule has 136 valence electrons. The van der Waals surface area contributed by atoms with Crippen molar-refractivity contribution in [3.63, 3.8) is 0 Å². The zero-order valence-corrected chi connectivity index (χ0v) is 14.4. The van der Waals surface area contributed by atoms with Crippen molar-refractivity contribution in [3.8, 4) is 5.75 Å². The molecule has 8 heteroatoms. The molecule has 1 aliphatic rings. The molecule has 0 aromatic heterocycles. The van der Waals surface area contributed by atoms with Crippen molar-refractivity contribution in [2.75, 3.05) is 39.4 Å². The summed E-state index contributed by atoms with van der Waals surface area (Å²) in [6.45, 7) is 4.86. The molecule has 0 bridgehead atoms. The molecule has 0 saturated carbocycles. The Hall–Kier alpha value is -2.77. The summed E-state index contributed by atoms with van der Waals surface area (Å²) in [6.07, 6.45) is -0.393. The Morgan fingerprint density at radius 3 is 2.36 bits per heavy atom. The normalized spacial score (nSPS) is 14.2. The van der Waals surface area contributed by atoms with Gasteiger partial charge in [-0.05, 0) is 26.0 Å². The van der Waals surface area contributed by atoms with Crippen LogP contribution in [0.15, 0.2) is 18.2 Å². The molecule has 0 unspecified atom stereocenters. The molecule has 0 aliphatic carbocycles. The summed E-state index contributed by atoms with van der Waals surface area (Å²) in [7, 11) is 0. The molecular weight excluding hydrogens is 328 g/mol. The predicted octanol–water partition coefficient (Wildman–Crippen LogP) is 1.16. The minimum Gasteiger partial charge on any atom is -0.507 e. The van der Waals surface area contributed by atoms with E-state index in [0.717, 1.165) is 5.56 Å². The van der Waals surface area contributed by atoms with Crippen molar-refractivity contribution in [1.29, 1.82) is 0 Å². The second kappa shape index (κ2) is 8.36. The van der Waals surface area contributed by atoms with Gasteiger partial charge in [0.15, 0.2) is 6.61 Å². The molecule has 0 atom stereocenters. The van der Waals surface area contributed by atoms with Crippen LogP contribution in [0.5, 0.6) is 5.75 Å². The van der Waals surface area contributed by atoms with Gasteiger partial charge in [0.1, 0.15) is 11.3 Å². The van der Waals surface area contributed by atoms with E-state index in [-0.39, 0.29) is 17.2 Å². The van der Waals surface area contributed by atoms with Crippen LogP contribution in [0.25, 0.3) is 0 Å². The number of amides is 2. The lowest BCUT2D eigenvalue weighted by Gasteiger charge is -2.33. The summed E-state index contributed by atoms with van der Waals surface area (Å²) in [5.74, 6) is -1.28. The molecule has 0 spiro atoms. The third-order valence-electron chi connectivity index (χ3n) is 3.86. The number of hydrogen-bond donors (Lipinski definition) is 1. The highest BCUT2D eigenvalue weighted by atomic mass is 16.6. The fourth-order valence-corrected chi connectivity index (χ4v) is 2.46. The standard InChI is InChI=1S/C17H22N2O6/c1-3-24-17(23)19-8-6-18(7-9-19)15(21)11-25-16(22)13-10-12(2)4-5-14(13)20/h4-5,10,20H,3,6-9,11H2,1-2H3. The Kier molecular flexibility index (Phi) is 6.21. The van der Waals surface area contributed by atoms with E-state index in [2.05, 4.69) is 0 Å². The second-order valence-electron chi connectivity index (χ2n) is 5.66. The summed E-state index contributed by atoms with van der Waals surface area (Å²) in [4.78, 5) is 38.8. The summed E-state index contributed by atoms with van der Waals surface area (Å²) >= 11 is 0. The molecular formula is C17H22N2O6. The SMILES string of the molecule is CCOC(=O)N1CCN(C(=O)COC(=O)c2cc(C)ccc2O)CC1. The quantitative estimate of drug-likeness (QED) is 0.819. The molecule has 2 amide bonds. The number of phenols is 1. The number of carbonyl (C=O) groups is 3. The third-order valence-corrected chi connectivity index (χ3v) is 3.86. The zero-order valence-electron chi connectivity index (χ0n) is 14.4. The first-order chi connectivity index (χ1) is 11.9. The maximum Gasteiger partial charge on any atom is 0.409 e. The first-order valence-electron chi connectivity index (χ1n) is 8.08. The monoisotopic (exact) mass is 350 g/mol. The molecule has 1 aromatic rings. The number of phenolic OH excluding ortho intramolecular Hbond substituents is 1. The summed E-state index contributed by atoms with van der Waals surface area (Å²) < 4.78 is 9.91. The van der Waals surface area contributed by atoms with E-state index in [4.69, 9.17) is 9.47 Å². The van der Waals surface area contributed by atoms with E-state index in [1.165, 1.54) is 21.9 Å². The van der Waals surface area contributed by atoms with Crippen LogP contribution < -0.4 is 0 Å². The van der Waals surface area contributed by atoms with Gasteiger partial charge in [0.2, 0.25) is 0 Å². The van der Waals surface area contributed by atoms with Crippen LogP contribution in [-0.4, -0.2) is 72.3 Å². The third kappa shape index (κ3) is 4.85. The van der Waals surface area contributed by atoms with Crippen LogP contribution in [0, 0.1) is 6.92 Å². The van der Waals surface area contributed by atoms with Gasteiger partial charge in [-0.1, -0.05) is 11.6 Å². The molecule has 2 rings (SSSR count). The number of aryl methyl sites for hydroxylation is 1. The van der Waals surface area contributed by atoms with Gasteiger partial charge < -0.3 is 24.4 Å². The molecule has 1 aliphatic heterocycles. The summed E-state index contributed by atoms with van der Waals surface area (Å²) in [5, 5.41) is 9.70. The van der Waals surface area contributed by atoms with Gasteiger partial charge >= 0.3 is 12.1 Å². The van der Waals surface area contributed by atoms with Gasteiger partial charge in [0.25, 0.3) is 5.91 Å². The maximum atomic E-state index is 12.1. The molecule has 1 heterocycles. The molecule has 1 aromatic carbocycles. The Labute approximate surface area is 145 Å².